The number of fused-ring (bicyclic) bond motifs is 2. The first-order chi connectivity index (χ1) is 11.8. The van der Waals surface area contributed by atoms with E-state index in [9.17, 15) is 0 Å². The third-order valence-electron chi connectivity index (χ3n) is 5.68. The average Bonchev–Trinajstić information content (AvgIpc) is 3.21. The van der Waals surface area contributed by atoms with Crippen LogP contribution in [0, 0.1) is 0 Å². The van der Waals surface area contributed by atoms with Crippen molar-refractivity contribution >= 4 is 11.3 Å². The second kappa shape index (κ2) is 7.34. The number of benzene rings is 1. The SMILES string of the molecule is C[C@H](CNC1C[C@H]2CC[C@@H](C1)N2Cc1ccccc1)c1nccs1. The Balaban J connectivity index is 1.31. The summed E-state index contributed by atoms with van der Waals surface area (Å²) in [4.78, 5) is 7.21. The van der Waals surface area contributed by atoms with Crippen LogP contribution < -0.4 is 5.32 Å². The van der Waals surface area contributed by atoms with E-state index in [1.807, 2.05) is 6.20 Å². The van der Waals surface area contributed by atoms with E-state index in [1.165, 1.54) is 36.3 Å². The molecular formula is C20H27N3S. The largest absolute Gasteiger partial charge is 0.313 e. The lowest BCUT2D eigenvalue weighted by atomic mass is 9.96. The van der Waals surface area contributed by atoms with E-state index in [0.717, 1.165) is 25.2 Å². The molecule has 1 N–H and O–H groups in total. The van der Waals surface area contributed by atoms with Crippen LogP contribution in [0.2, 0.25) is 0 Å². The highest BCUT2D eigenvalue weighted by molar-refractivity contribution is 7.09. The molecule has 2 aliphatic rings. The molecule has 1 unspecified atom stereocenters. The van der Waals surface area contributed by atoms with Gasteiger partial charge in [0.05, 0.1) is 5.01 Å². The monoisotopic (exact) mass is 341 g/mol. The summed E-state index contributed by atoms with van der Waals surface area (Å²) >= 11 is 1.77. The number of thiazole rings is 1. The van der Waals surface area contributed by atoms with E-state index >= 15 is 0 Å². The van der Waals surface area contributed by atoms with Gasteiger partial charge in [-0.15, -0.1) is 11.3 Å². The minimum Gasteiger partial charge on any atom is -0.313 e. The number of nitrogens with zero attached hydrogens (tertiary/aromatic N) is 2. The Bertz CT molecular complexity index is 614. The van der Waals surface area contributed by atoms with Crippen LogP contribution in [0.3, 0.4) is 0 Å². The van der Waals surface area contributed by atoms with E-state index in [4.69, 9.17) is 0 Å². The summed E-state index contributed by atoms with van der Waals surface area (Å²) in [5, 5.41) is 7.17. The number of nitrogens with one attached hydrogen (secondary N) is 1. The molecule has 1 aromatic heterocycles. The zero-order chi connectivity index (χ0) is 16.4. The maximum atomic E-state index is 4.45. The van der Waals surface area contributed by atoms with Crippen molar-refractivity contribution in [2.24, 2.45) is 0 Å². The van der Waals surface area contributed by atoms with Crippen LogP contribution in [-0.2, 0) is 6.54 Å². The van der Waals surface area contributed by atoms with Crippen molar-refractivity contribution in [3.8, 4) is 0 Å². The van der Waals surface area contributed by atoms with E-state index < -0.39 is 0 Å². The topological polar surface area (TPSA) is 28.2 Å². The third-order valence-corrected chi connectivity index (χ3v) is 6.69. The van der Waals surface area contributed by atoms with Crippen LogP contribution in [0.15, 0.2) is 41.9 Å². The fourth-order valence-corrected chi connectivity index (χ4v) is 5.10. The quantitative estimate of drug-likeness (QED) is 0.860. The second-order valence-corrected chi connectivity index (χ2v) is 8.32. The molecule has 2 fully saturated rings. The summed E-state index contributed by atoms with van der Waals surface area (Å²) in [7, 11) is 0. The summed E-state index contributed by atoms with van der Waals surface area (Å²) < 4.78 is 0. The van der Waals surface area contributed by atoms with Crippen molar-refractivity contribution < 1.29 is 0 Å². The highest BCUT2D eigenvalue weighted by Crippen LogP contribution is 2.37. The molecule has 0 saturated carbocycles. The highest BCUT2D eigenvalue weighted by Gasteiger charge is 2.40. The molecule has 2 aromatic rings. The predicted octanol–water partition coefficient (Wildman–Crippen LogP) is 4.03. The molecular weight excluding hydrogens is 314 g/mol. The molecule has 4 rings (SSSR count). The van der Waals surface area contributed by atoms with Crippen LogP contribution in [0.5, 0.6) is 0 Å². The Kier molecular flexibility index (Phi) is 4.97. The minimum atomic E-state index is 0.519. The zero-order valence-corrected chi connectivity index (χ0v) is 15.2. The van der Waals surface area contributed by atoms with Crippen LogP contribution >= 0.6 is 11.3 Å². The van der Waals surface area contributed by atoms with Gasteiger partial charge in [0.15, 0.2) is 0 Å². The predicted molar refractivity (Wildman–Crippen MR) is 100 cm³/mol. The van der Waals surface area contributed by atoms with Gasteiger partial charge in [0.25, 0.3) is 0 Å². The number of hydrogen-bond donors (Lipinski definition) is 1. The molecule has 2 saturated heterocycles. The molecule has 0 amide bonds. The van der Waals surface area contributed by atoms with Gasteiger partial charge in [0.1, 0.15) is 0 Å². The van der Waals surface area contributed by atoms with Crippen molar-refractivity contribution in [1.29, 1.82) is 0 Å². The highest BCUT2D eigenvalue weighted by atomic mass is 32.1. The smallest absolute Gasteiger partial charge is 0.0965 e. The lowest BCUT2D eigenvalue weighted by Crippen LogP contribution is -2.49. The number of piperidine rings is 1. The van der Waals surface area contributed by atoms with Crippen LogP contribution in [-0.4, -0.2) is 34.6 Å². The first-order valence-electron chi connectivity index (χ1n) is 9.22. The summed E-state index contributed by atoms with van der Waals surface area (Å²) in [6.07, 6.45) is 7.26. The van der Waals surface area contributed by atoms with Gasteiger partial charge in [-0.2, -0.15) is 0 Å². The Morgan fingerprint density at radius 2 is 1.96 bits per heavy atom. The standard InChI is InChI=1S/C20H27N3S/c1-15(20-21-9-10-24-20)13-22-17-11-18-7-8-19(12-17)23(18)14-16-5-3-2-4-6-16/h2-6,9-10,15,17-19,22H,7-8,11-14H2,1H3/t15-,17?,18-,19+/m1/s1. The van der Waals surface area contributed by atoms with Crippen molar-refractivity contribution in [2.75, 3.05) is 6.54 Å². The molecule has 1 aromatic carbocycles. The van der Waals surface area contributed by atoms with E-state index in [-0.39, 0.29) is 0 Å². The molecule has 3 nitrogen and oxygen atoms in total. The van der Waals surface area contributed by atoms with Gasteiger partial charge in [0.2, 0.25) is 0 Å². The Labute approximate surface area is 149 Å². The van der Waals surface area contributed by atoms with Gasteiger partial charge >= 0.3 is 0 Å². The first kappa shape index (κ1) is 16.2. The minimum absolute atomic E-state index is 0.519. The Morgan fingerprint density at radius 1 is 1.21 bits per heavy atom. The lowest BCUT2D eigenvalue weighted by Gasteiger charge is -2.39. The number of aromatic nitrogens is 1. The molecule has 4 atom stereocenters. The average molecular weight is 342 g/mol. The van der Waals surface area contributed by atoms with Crippen LogP contribution in [0.25, 0.3) is 0 Å². The molecule has 2 aliphatic heterocycles. The second-order valence-electron chi connectivity index (χ2n) is 7.39. The van der Waals surface area contributed by atoms with Crippen molar-refractivity contribution in [3.05, 3.63) is 52.5 Å². The summed E-state index contributed by atoms with van der Waals surface area (Å²) in [5.74, 6) is 0.519. The number of rotatable bonds is 6. The maximum absolute atomic E-state index is 4.45. The van der Waals surface area contributed by atoms with E-state index in [1.54, 1.807) is 11.3 Å². The Hall–Kier alpha value is -1.23. The molecule has 0 spiro atoms. The van der Waals surface area contributed by atoms with Crippen molar-refractivity contribution in [3.63, 3.8) is 0 Å². The maximum Gasteiger partial charge on any atom is 0.0965 e. The molecule has 0 aliphatic carbocycles. The molecule has 2 bridgehead atoms. The van der Waals surface area contributed by atoms with E-state index in [0.29, 0.717) is 12.0 Å². The first-order valence-corrected chi connectivity index (χ1v) is 10.1. The molecule has 0 radical (unpaired) electrons. The molecule has 128 valence electrons. The fraction of sp³-hybridized carbons (Fsp3) is 0.550. The van der Waals surface area contributed by atoms with Crippen LogP contribution in [0.1, 0.15) is 49.1 Å². The number of hydrogen-bond acceptors (Lipinski definition) is 4. The molecule has 4 heteroatoms. The van der Waals surface area contributed by atoms with Crippen molar-refractivity contribution in [1.82, 2.24) is 15.2 Å². The fourth-order valence-electron chi connectivity index (χ4n) is 4.40. The van der Waals surface area contributed by atoms with Crippen molar-refractivity contribution in [2.45, 2.75) is 63.2 Å². The van der Waals surface area contributed by atoms with Gasteiger partial charge in [0, 0.05) is 48.7 Å². The third kappa shape index (κ3) is 3.56. The van der Waals surface area contributed by atoms with Gasteiger partial charge in [-0.1, -0.05) is 37.3 Å². The molecule has 3 heterocycles. The normalized spacial score (nSPS) is 28.1. The summed E-state index contributed by atoms with van der Waals surface area (Å²) in [5.41, 5.74) is 1.46. The summed E-state index contributed by atoms with van der Waals surface area (Å²) in [6.45, 7) is 4.46. The summed E-state index contributed by atoms with van der Waals surface area (Å²) in [6, 6.07) is 13.2. The lowest BCUT2D eigenvalue weighted by molar-refractivity contribution is 0.109. The zero-order valence-electron chi connectivity index (χ0n) is 14.4. The van der Waals surface area contributed by atoms with Gasteiger partial charge in [-0.05, 0) is 31.2 Å². The molecule has 24 heavy (non-hydrogen) atoms. The van der Waals surface area contributed by atoms with Crippen LogP contribution in [0.4, 0.5) is 0 Å². The van der Waals surface area contributed by atoms with Gasteiger partial charge in [-0.25, -0.2) is 4.98 Å². The van der Waals surface area contributed by atoms with Gasteiger partial charge < -0.3 is 5.32 Å². The van der Waals surface area contributed by atoms with Gasteiger partial charge in [-0.3, -0.25) is 4.90 Å². The van der Waals surface area contributed by atoms with E-state index in [2.05, 4.69) is 57.8 Å². The Morgan fingerprint density at radius 3 is 2.62 bits per heavy atom.